The molecule has 1 aliphatic carbocycles. The summed E-state index contributed by atoms with van der Waals surface area (Å²) in [6.45, 7) is 0.469. The lowest BCUT2D eigenvalue weighted by molar-refractivity contribution is -0.118. The lowest BCUT2D eigenvalue weighted by Crippen LogP contribution is -2.31. The third-order valence-corrected chi connectivity index (χ3v) is 7.36. The number of nitrogens with one attached hydrogen (secondary N) is 1. The molecule has 1 heterocycles. The van der Waals surface area contributed by atoms with Crippen molar-refractivity contribution < 1.29 is 9.18 Å². The van der Waals surface area contributed by atoms with Gasteiger partial charge < -0.3 is 4.90 Å². The number of pyridine rings is 1. The molecule has 3 aromatic carbocycles. The van der Waals surface area contributed by atoms with Crippen LogP contribution in [0.15, 0.2) is 102 Å². The second kappa shape index (κ2) is 11.5. The van der Waals surface area contributed by atoms with Crippen molar-refractivity contribution in [3.8, 4) is 0 Å². The van der Waals surface area contributed by atoms with E-state index in [0.29, 0.717) is 19.4 Å². The van der Waals surface area contributed by atoms with Gasteiger partial charge in [-0.2, -0.15) is 0 Å². The Balaban J connectivity index is 1.36. The van der Waals surface area contributed by atoms with Gasteiger partial charge in [-0.25, -0.2) is 4.39 Å². The van der Waals surface area contributed by atoms with Gasteiger partial charge in [0.15, 0.2) is 0 Å². The van der Waals surface area contributed by atoms with Crippen molar-refractivity contribution in [2.75, 3.05) is 4.90 Å². The van der Waals surface area contributed by atoms with Gasteiger partial charge in [-0.15, -0.1) is 0 Å². The molecule has 182 valence electrons. The number of amides is 1. The van der Waals surface area contributed by atoms with Crippen molar-refractivity contribution in [2.24, 2.45) is 0 Å². The maximum atomic E-state index is 13.6. The summed E-state index contributed by atoms with van der Waals surface area (Å²) in [6, 6.07) is 27.1. The molecule has 0 saturated carbocycles. The Morgan fingerprint density at radius 3 is 2.67 bits per heavy atom. The minimum absolute atomic E-state index is 0.0827. The molecular formula is C30H28FN3OS. The SMILES string of the molecule is O=C(CCc1ccccc1)N(Cc1cccnc1)c1ccc2c(c1)C(NSc1cccc(F)c1)CC2. The van der Waals surface area contributed by atoms with Gasteiger partial charge in [0.25, 0.3) is 0 Å². The number of benzene rings is 3. The Hall–Kier alpha value is -3.48. The predicted molar refractivity (Wildman–Crippen MR) is 143 cm³/mol. The first-order valence-electron chi connectivity index (χ1n) is 12.2. The number of fused-ring (bicyclic) bond motifs is 1. The van der Waals surface area contributed by atoms with Crippen molar-refractivity contribution >= 4 is 23.5 Å². The molecule has 6 heteroatoms. The van der Waals surface area contributed by atoms with E-state index in [2.05, 4.69) is 40.0 Å². The molecule has 1 unspecified atom stereocenters. The zero-order chi connectivity index (χ0) is 24.7. The molecule has 1 aromatic heterocycles. The van der Waals surface area contributed by atoms with E-state index in [-0.39, 0.29) is 17.8 Å². The molecule has 4 aromatic rings. The Bertz CT molecular complexity index is 1320. The number of aryl methyl sites for hydroxylation is 2. The standard InChI is InChI=1S/C30H28FN3OS/c31-25-9-4-10-27(18-25)36-33-29-15-13-24-12-14-26(19-28(24)29)34(21-23-8-5-17-32-20-23)30(35)16-11-22-6-2-1-3-7-22/h1-10,12,14,17-20,29,33H,11,13,15-16,21H2. The third kappa shape index (κ3) is 6.01. The summed E-state index contributed by atoms with van der Waals surface area (Å²) < 4.78 is 17.1. The number of anilines is 1. The van der Waals surface area contributed by atoms with Crippen molar-refractivity contribution in [3.05, 3.63) is 125 Å². The van der Waals surface area contributed by atoms with Gasteiger partial charge in [0.05, 0.1) is 6.54 Å². The molecule has 0 radical (unpaired) electrons. The highest BCUT2D eigenvalue weighted by atomic mass is 32.2. The lowest BCUT2D eigenvalue weighted by atomic mass is 10.1. The highest BCUT2D eigenvalue weighted by molar-refractivity contribution is 7.97. The van der Waals surface area contributed by atoms with Crippen molar-refractivity contribution in [3.63, 3.8) is 0 Å². The zero-order valence-electron chi connectivity index (χ0n) is 19.9. The summed E-state index contributed by atoms with van der Waals surface area (Å²) in [5, 5.41) is 0. The number of nitrogens with zero attached hydrogens (tertiary/aromatic N) is 2. The van der Waals surface area contributed by atoms with E-state index in [9.17, 15) is 9.18 Å². The molecule has 1 atom stereocenters. The summed E-state index contributed by atoms with van der Waals surface area (Å²) in [4.78, 5) is 20.4. The lowest BCUT2D eigenvalue weighted by Gasteiger charge is -2.25. The fourth-order valence-electron chi connectivity index (χ4n) is 4.58. The molecule has 36 heavy (non-hydrogen) atoms. The van der Waals surface area contributed by atoms with Crippen LogP contribution in [0.25, 0.3) is 0 Å². The largest absolute Gasteiger partial charge is 0.308 e. The summed E-state index contributed by atoms with van der Waals surface area (Å²) in [5.74, 6) is -0.157. The van der Waals surface area contributed by atoms with Crippen LogP contribution in [-0.4, -0.2) is 10.9 Å². The van der Waals surface area contributed by atoms with E-state index in [1.54, 1.807) is 12.3 Å². The zero-order valence-corrected chi connectivity index (χ0v) is 20.8. The van der Waals surface area contributed by atoms with Crippen LogP contribution >= 0.6 is 11.9 Å². The van der Waals surface area contributed by atoms with Crippen LogP contribution in [-0.2, 0) is 24.2 Å². The van der Waals surface area contributed by atoms with Gasteiger partial charge in [-0.1, -0.05) is 48.5 Å². The number of carbonyl (C=O) groups is 1. The topological polar surface area (TPSA) is 45.2 Å². The van der Waals surface area contributed by atoms with Crippen LogP contribution in [0.5, 0.6) is 0 Å². The molecular weight excluding hydrogens is 469 g/mol. The molecule has 0 aliphatic heterocycles. The van der Waals surface area contributed by atoms with Crippen LogP contribution in [0.1, 0.15) is 41.1 Å². The number of hydrogen-bond acceptors (Lipinski definition) is 4. The molecule has 0 bridgehead atoms. The van der Waals surface area contributed by atoms with Crippen LogP contribution in [0.3, 0.4) is 0 Å². The molecule has 1 amide bonds. The Morgan fingerprint density at radius 1 is 1.00 bits per heavy atom. The predicted octanol–water partition coefficient (Wildman–Crippen LogP) is 6.67. The maximum Gasteiger partial charge on any atom is 0.227 e. The second-order valence-electron chi connectivity index (χ2n) is 8.98. The van der Waals surface area contributed by atoms with Gasteiger partial charge in [0.2, 0.25) is 5.91 Å². The Kier molecular flexibility index (Phi) is 7.74. The minimum atomic E-state index is -0.240. The summed E-state index contributed by atoms with van der Waals surface area (Å²) in [5.41, 5.74) is 5.51. The van der Waals surface area contributed by atoms with Crippen molar-refractivity contribution in [1.29, 1.82) is 0 Å². The van der Waals surface area contributed by atoms with Gasteiger partial charge in [0.1, 0.15) is 5.82 Å². The third-order valence-electron chi connectivity index (χ3n) is 6.47. The Morgan fingerprint density at radius 2 is 1.86 bits per heavy atom. The molecule has 4 nitrogen and oxygen atoms in total. The normalized spacial score (nSPS) is 14.4. The number of carbonyl (C=O) groups excluding carboxylic acids is 1. The van der Waals surface area contributed by atoms with E-state index in [1.807, 2.05) is 47.5 Å². The summed E-state index contributed by atoms with van der Waals surface area (Å²) in [7, 11) is 0. The molecule has 1 aliphatic rings. The van der Waals surface area contributed by atoms with Crippen LogP contribution in [0, 0.1) is 5.82 Å². The molecule has 0 fully saturated rings. The quantitative estimate of drug-likeness (QED) is 0.262. The summed E-state index contributed by atoms with van der Waals surface area (Å²) >= 11 is 1.45. The van der Waals surface area contributed by atoms with Crippen LogP contribution < -0.4 is 9.62 Å². The van der Waals surface area contributed by atoms with Gasteiger partial charge in [0, 0.05) is 35.4 Å². The van der Waals surface area contributed by atoms with Crippen LogP contribution in [0.4, 0.5) is 10.1 Å². The first-order chi connectivity index (χ1) is 17.7. The van der Waals surface area contributed by atoms with Gasteiger partial charge >= 0.3 is 0 Å². The first kappa shape index (κ1) is 24.2. The van der Waals surface area contributed by atoms with E-state index in [0.717, 1.165) is 34.6 Å². The number of halogens is 1. The smallest absolute Gasteiger partial charge is 0.227 e. The molecule has 1 N–H and O–H groups in total. The fourth-order valence-corrected chi connectivity index (χ4v) is 5.42. The number of rotatable bonds is 9. The van der Waals surface area contributed by atoms with Crippen LogP contribution in [0.2, 0.25) is 0 Å². The average molecular weight is 498 g/mol. The highest BCUT2D eigenvalue weighted by Crippen LogP contribution is 2.36. The summed E-state index contributed by atoms with van der Waals surface area (Å²) in [6.07, 6.45) is 6.62. The number of hydrogen-bond donors (Lipinski definition) is 1. The molecule has 0 saturated heterocycles. The monoisotopic (exact) mass is 497 g/mol. The van der Waals surface area contributed by atoms with E-state index < -0.39 is 0 Å². The number of aromatic nitrogens is 1. The Labute approximate surface area is 215 Å². The average Bonchev–Trinajstić information content (AvgIpc) is 3.32. The maximum absolute atomic E-state index is 13.6. The minimum Gasteiger partial charge on any atom is -0.308 e. The first-order valence-corrected chi connectivity index (χ1v) is 13.0. The van der Waals surface area contributed by atoms with Crippen molar-refractivity contribution in [1.82, 2.24) is 9.71 Å². The van der Waals surface area contributed by atoms with E-state index >= 15 is 0 Å². The van der Waals surface area contributed by atoms with E-state index in [1.165, 1.54) is 35.2 Å². The van der Waals surface area contributed by atoms with Gasteiger partial charge in [-0.05, 0) is 89.9 Å². The highest BCUT2D eigenvalue weighted by Gasteiger charge is 2.25. The fraction of sp³-hybridized carbons (Fsp3) is 0.200. The van der Waals surface area contributed by atoms with E-state index in [4.69, 9.17) is 0 Å². The van der Waals surface area contributed by atoms with Crippen molar-refractivity contribution in [2.45, 2.75) is 43.2 Å². The molecule has 5 rings (SSSR count). The second-order valence-corrected chi connectivity index (χ2v) is 9.89. The molecule has 0 spiro atoms. The van der Waals surface area contributed by atoms with Gasteiger partial charge in [-0.3, -0.25) is 14.5 Å².